The Hall–Kier alpha value is -1.84. The third-order valence-electron chi connectivity index (χ3n) is 3.64. The first-order valence-corrected chi connectivity index (χ1v) is 7.96. The molecule has 122 valence electrons. The molecule has 0 aliphatic carbocycles. The molecule has 1 N–H and O–H groups in total. The number of benzene rings is 1. The minimum Gasteiger partial charge on any atom is -0.352 e. The minimum atomic E-state index is -0.0172. The van der Waals surface area contributed by atoms with Crippen molar-refractivity contribution < 1.29 is 9.59 Å². The van der Waals surface area contributed by atoms with E-state index in [0.29, 0.717) is 25.4 Å². The predicted molar refractivity (Wildman–Crippen MR) is 89.4 cm³/mol. The molecule has 0 spiro atoms. The van der Waals surface area contributed by atoms with Gasteiger partial charge in [-0.3, -0.25) is 9.59 Å². The number of aryl methyl sites for hydroxylation is 1. The number of rotatable bonds is 8. The molecule has 0 aliphatic heterocycles. The van der Waals surface area contributed by atoms with Crippen LogP contribution in [0.2, 0.25) is 0 Å². The van der Waals surface area contributed by atoms with Crippen LogP contribution < -0.4 is 5.32 Å². The van der Waals surface area contributed by atoms with Gasteiger partial charge >= 0.3 is 0 Å². The highest BCUT2D eigenvalue weighted by Crippen LogP contribution is 2.04. The number of carbonyl (C=O) groups excluding carboxylic acids is 2. The smallest absolute Gasteiger partial charge is 0.222 e. The van der Waals surface area contributed by atoms with Gasteiger partial charge in [0, 0.05) is 33.0 Å². The molecule has 22 heavy (non-hydrogen) atoms. The molecule has 0 aromatic heterocycles. The van der Waals surface area contributed by atoms with Crippen LogP contribution in [0.4, 0.5) is 0 Å². The van der Waals surface area contributed by atoms with Gasteiger partial charge in [-0.2, -0.15) is 0 Å². The van der Waals surface area contributed by atoms with Crippen LogP contribution in [0.25, 0.3) is 0 Å². The molecular weight excluding hydrogens is 276 g/mol. The Balaban J connectivity index is 2.33. The second-order valence-corrected chi connectivity index (χ2v) is 6.20. The zero-order chi connectivity index (χ0) is 16.5. The molecule has 1 aromatic carbocycles. The highest BCUT2D eigenvalue weighted by molar-refractivity contribution is 5.78. The number of hydrogen-bond donors (Lipinski definition) is 1. The fraction of sp³-hybridized carbons (Fsp3) is 0.556. The van der Waals surface area contributed by atoms with Gasteiger partial charge in [0.15, 0.2) is 0 Å². The summed E-state index contributed by atoms with van der Waals surface area (Å²) in [6.45, 7) is 9.60. The normalized spacial score (nSPS) is 10.6. The molecule has 1 rings (SSSR count). The molecule has 4 nitrogen and oxygen atoms in total. The van der Waals surface area contributed by atoms with E-state index in [1.165, 1.54) is 5.56 Å². The standard InChI is InChI=1S/C18H28N2O2/c1-14(2)9-11-20(16(4)21)12-10-18(22)19-13-17-7-5-15(3)6-8-17/h5-8,14H,9-13H2,1-4H3,(H,19,22). The number of nitrogens with one attached hydrogen (secondary N) is 1. The summed E-state index contributed by atoms with van der Waals surface area (Å²) in [5.74, 6) is 0.570. The quantitative estimate of drug-likeness (QED) is 0.803. The van der Waals surface area contributed by atoms with Gasteiger partial charge in [-0.25, -0.2) is 0 Å². The molecule has 0 saturated carbocycles. The van der Waals surface area contributed by atoms with Crippen LogP contribution in [0.3, 0.4) is 0 Å². The van der Waals surface area contributed by atoms with E-state index in [2.05, 4.69) is 19.2 Å². The number of amides is 2. The van der Waals surface area contributed by atoms with Crippen LogP contribution >= 0.6 is 0 Å². The van der Waals surface area contributed by atoms with E-state index in [4.69, 9.17) is 0 Å². The van der Waals surface area contributed by atoms with Gasteiger partial charge in [0.1, 0.15) is 0 Å². The summed E-state index contributed by atoms with van der Waals surface area (Å²) in [5, 5.41) is 2.90. The number of hydrogen-bond acceptors (Lipinski definition) is 2. The summed E-state index contributed by atoms with van der Waals surface area (Å²) in [6, 6.07) is 8.09. The Kier molecular flexibility index (Phi) is 7.64. The second kappa shape index (κ2) is 9.23. The first-order valence-electron chi connectivity index (χ1n) is 7.96. The van der Waals surface area contributed by atoms with Crippen molar-refractivity contribution in [3.63, 3.8) is 0 Å². The fourth-order valence-electron chi connectivity index (χ4n) is 2.07. The van der Waals surface area contributed by atoms with Gasteiger partial charge in [0.2, 0.25) is 11.8 Å². The zero-order valence-electron chi connectivity index (χ0n) is 14.2. The highest BCUT2D eigenvalue weighted by Gasteiger charge is 2.11. The van der Waals surface area contributed by atoms with E-state index >= 15 is 0 Å². The van der Waals surface area contributed by atoms with Crippen molar-refractivity contribution in [3.8, 4) is 0 Å². The minimum absolute atomic E-state index is 0.0172. The van der Waals surface area contributed by atoms with E-state index in [1.807, 2.05) is 31.2 Å². The van der Waals surface area contributed by atoms with Gasteiger partial charge in [-0.1, -0.05) is 43.7 Å². The van der Waals surface area contributed by atoms with Gasteiger partial charge in [-0.05, 0) is 24.8 Å². The maximum Gasteiger partial charge on any atom is 0.222 e. The van der Waals surface area contributed by atoms with Crippen molar-refractivity contribution in [2.75, 3.05) is 13.1 Å². The molecule has 1 aromatic rings. The van der Waals surface area contributed by atoms with Crippen molar-refractivity contribution in [1.82, 2.24) is 10.2 Å². The molecule has 0 fully saturated rings. The van der Waals surface area contributed by atoms with E-state index in [-0.39, 0.29) is 11.8 Å². The lowest BCUT2D eigenvalue weighted by Gasteiger charge is -2.21. The molecule has 2 amide bonds. The van der Waals surface area contributed by atoms with Crippen LogP contribution in [0.5, 0.6) is 0 Å². The number of carbonyl (C=O) groups is 2. The van der Waals surface area contributed by atoms with Crippen LogP contribution in [0, 0.1) is 12.8 Å². The summed E-state index contributed by atoms with van der Waals surface area (Å²) in [6.07, 6.45) is 1.31. The highest BCUT2D eigenvalue weighted by atomic mass is 16.2. The summed E-state index contributed by atoms with van der Waals surface area (Å²) in [5.41, 5.74) is 2.29. The van der Waals surface area contributed by atoms with E-state index in [0.717, 1.165) is 18.5 Å². The molecule has 0 saturated heterocycles. The molecule has 4 heteroatoms. The van der Waals surface area contributed by atoms with Crippen LogP contribution in [0.1, 0.15) is 44.7 Å². The van der Waals surface area contributed by atoms with Crippen molar-refractivity contribution in [2.24, 2.45) is 5.92 Å². The maximum atomic E-state index is 11.9. The van der Waals surface area contributed by atoms with Gasteiger partial charge in [0.25, 0.3) is 0 Å². The molecule has 0 radical (unpaired) electrons. The summed E-state index contributed by atoms with van der Waals surface area (Å²) in [4.78, 5) is 25.2. The van der Waals surface area contributed by atoms with E-state index in [1.54, 1.807) is 11.8 Å². The zero-order valence-corrected chi connectivity index (χ0v) is 14.2. The summed E-state index contributed by atoms with van der Waals surface area (Å²) < 4.78 is 0. The summed E-state index contributed by atoms with van der Waals surface area (Å²) in [7, 11) is 0. The lowest BCUT2D eigenvalue weighted by molar-refractivity contribution is -0.129. The molecule has 0 aliphatic rings. The average Bonchev–Trinajstić information content (AvgIpc) is 2.46. The predicted octanol–water partition coefficient (Wildman–Crippen LogP) is 2.90. The van der Waals surface area contributed by atoms with Crippen molar-refractivity contribution in [1.29, 1.82) is 0 Å². The van der Waals surface area contributed by atoms with Crippen LogP contribution in [-0.4, -0.2) is 29.8 Å². The largest absolute Gasteiger partial charge is 0.352 e. The topological polar surface area (TPSA) is 49.4 Å². The molecule has 0 bridgehead atoms. The Labute approximate surface area is 133 Å². The van der Waals surface area contributed by atoms with Gasteiger partial charge < -0.3 is 10.2 Å². The lowest BCUT2D eigenvalue weighted by atomic mass is 10.1. The molecular formula is C18H28N2O2. The van der Waals surface area contributed by atoms with Crippen molar-refractivity contribution >= 4 is 11.8 Å². The molecule has 0 unspecified atom stereocenters. The monoisotopic (exact) mass is 304 g/mol. The Bertz CT molecular complexity index is 480. The van der Waals surface area contributed by atoms with E-state index in [9.17, 15) is 9.59 Å². The average molecular weight is 304 g/mol. The van der Waals surface area contributed by atoms with Gasteiger partial charge in [0.05, 0.1) is 0 Å². The third-order valence-corrected chi connectivity index (χ3v) is 3.64. The Morgan fingerprint density at radius 2 is 1.77 bits per heavy atom. The maximum absolute atomic E-state index is 11.9. The summed E-state index contributed by atoms with van der Waals surface area (Å²) >= 11 is 0. The number of nitrogens with zero attached hydrogens (tertiary/aromatic N) is 1. The van der Waals surface area contributed by atoms with Crippen molar-refractivity contribution in [2.45, 2.75) is 47.1 Å². The van der Waals surface area contributed by atoms with Crippen LogP contribution in [0.15, 0.2) is 24.3 Å². The fourth-order valence-corrected chi connectivity index (χ4v) is 2.07. The SMILES string of the molecule is CC(=O)N(CCC(=O)NCc1ccc(C)cc1)CCC(C)C. The van der Waals surface area contributed by atoms with Crippen molar-refractivity contribution in [3.05, 3.63) is 35.4 Å². The first-order chi connectivity index (χ1) is 10.4. The van der Waals surface area contributed by atoms with Crippen LogP contribution in [-0.2, 0) is 16.1 Å². The third kappa shape index (κ3) is 7.25. The molecule has 0 heterocycles. The Morgan fingerprint density at radius 3 is 2.32 bits per heavy atom. The second-order valence-electron chi connectivity index (χ2n) is 6.20. The Morgan fingerprint density at radius 1 is 1.14 bits per heavy atom. The van der Waals surface area contributed by atoms with E-state index < -0.39 is 0 Å². The molecule has 0 atom stereocenters. The van der Waals surface area contributed by atoms with Gasteiger partial charge in [-0.15, -0.1) is 0 Å². The first kappa shape index (κ1) is 18.2. The lowest BCUT2D eigenvalue weighted by Crippen LogP contribution is -2.34.